The van der Waals surface area contributed by atoms with E-state index in [2.05, 4.69) is 0 Å². The lowest BCUT2D eigenvalue weighted by Gasteiger charge is -2.36. The first-order valence-electron chi connectivity index (χ1n) is 24.4. The molecular formula is C58H42N8O17. The molecule has 0 bridgehead atoms. The molecule has 0 saturated heterocycles. The molecule has 0 amide bonds. The maximum absolute atomic E-state index is 11.3. The van der Waals surface area contributed by atoms with Crippen LogP contribution in [0.1, 0.15) is 51.4 Å². The molecule has 83 heavy (non-hydrogen) atoms. The average molecular weight is 1120 g/mol. The maximum Gasteiger partial charge on any atom is 0.269 e. The van der Waals surface area contributed by atoms with Crippen molar-refractivity contribution in [3.63, 3.8) is 0 Å². The Balaban J connectivity index is 0.000000207. The smallest absolute Gasteiger partial charge is 0.269 e. The summed E-state index contributed by atoms with van der Waals surface area (Å²) in [4.78, 5) is 85.8. The molecule has 0 atom stereocenters. The van der Waals surface area contributed by atoms with Crippen LogP contribution in [0.4, 0.5) is 45.5 Å². The molecule has 25 heteroatoms. The van der Waals surface area contributed by atoms with Gasteiger partial charge in [0.15, 0.2) is 0 Å². The lowest BCUT2D eigenvalue weighted by atomic mass is 9.65. The van der Waals surface area contributed by atoms with Gasteiger partial charge in [0.25, 0.3) is 45.5 Å². The molecule has 0 aliphatic carbocycles. The van der Waals surface area contributed by atoms with Gasteiger partial charge in [-0.2, -0.15) is 0 Å². The van der Waals surface area contributed by atoms with E-state index in [1.54, 1.807) is 0 Å². The van der Waals surface area contributed by atoms with Gasteiger partial charge in [-0.1, -0.05) is 115 Å². The van der Waals surface area contributed by atoms with Gasteiger partial charge in [-0.05, 0) is 63.6 Å². The van der Waals surface area contributed by atoms with Gasteiger partial charge in [-0.15, -0.1) is 0 Å². The fraction of sp³-hybridized carbons (Fsp3) is 0.0690. The number of nitro groups is 8. The summed E-state index contributed by atoms with van der Waals surface area (Å²) in [5, 5.41) is 90.3. The van der Waals surface area contributed by atoms with Crippen LogP contribution in [0.3, 0.4) is 0 Å². The average Bonchev–Trinajstić information content (AvgIpc) is 2.97. The zero-order valence-electron chi connectivity index (χ0n) is 43.1. The van der Waals surface area contributed by atoms with Crippen molar-refractivity contribution in [1.82, 2.24) is 0 Å². The van der Waals surface area contributed by atoms with Gasteiger partial charge in [-0.25, -0.2) is 0 Å². The number of non-ortho nitro benzene ring substituents is 8. The van der Waals surface area contributed by atoms with Crippen LogP contribution in [0.25, 0.3) is 0 Å². The molecule has 0 aliphatic rings. The minimum absolute atomic E-state index is 0.172. The number of nitrogens with zero attached hydrogens (tertiary/aromatic N) is 8. The van der Waals surface area contributed by atoms with Crippen molar-refractivity contribution in [3.05, 3.63) is 350 Å². The molecule has 0 saturated carbocycles. The topological polar surface area (TPSA) is 354 Å². The number of benzene rings is 9. The van der Waals surface area contributed by atoms with Crippen LogP contribution in [0.2, 0.25) is 0 Å². The summed E-state index contributed by atoms with van der Waals surface area (Å²) in [5.41, 5.74) is -0.0134. The molecule has 9 rings (SSSR count). The Morgan fingerprint density at radius 3 is 0.518 bits per heavy atom. The number of rotatable bonds is 18. The molecule has 0 fully saturated rings. The van der Waals surface area contributed by atoms with Crippen molar-refractivity contribution in [2.45, 2.75) is 17.8 Å². The summed E-state index contributed by atoms with van der Waals surface area (Å²) in [6.07, 6.45) is 0. The SMILES string of the molecule is CCOc1ccccc1.O=[N+]([O-])c1ccc(C(c2ccc([N+](=O)[O-])cc2)(c2ccc([N+](=O)[O-])cc2)c2ccc([N+](=O)[O-])cc2)cc1.O=[N+]([O-])c1ccc(C(c2ccc([N+](=O)[O-])cc2)(c2ccc([N+](=O)[O-])cc2)c2ccc([N+](=O)[O-])cc2)cc1. The van der Waals surface area contributed by atoms with Crippen LogP contribution in [0, 0.1) is 80.9 Å². The van der Waals surface area contributed by atoms with E-state index in [9.17, 15) is 80.9 Å². The first-order chi connectivity index (χ1) is 39.7. The summed E-state index contributed by atoms with van der Waals surface area (Å²) in [6, 6.07) is 54.8. The van der Waals surface area contributed by atoms with E-state index in [0.29, 0.717) is 44.5 Å². The van der Waals surface area contributed by atoms with Gasteiger partial charge in [0.05, 0.1) is 56.8 Å². The van der Waals surface area contributed by atoms with Crippen LogP contribution in [0.15, 0.2) is 224 Å². The van der Waals surface area contributed by atoms with Gasteiger partial charge in [0.2, 0.25) is 0 Å². The Morgan fingerprint density at radius 2 is 0.398 bits per heavy atom. The number of ether oxygens (including phenoxy) is 1. The predicted molar refractivity (Wildman–Crippen MR) is 300 cm³/mol. The van der Waals surface area contributed by atoms with Crippen molar-refractivity contribution in [2.75, 3.05) is 6.61 Å². The third-order valence-electron chi connectivity index (χ3n) is 13.1. The van der Waals surface area contributed by atoms with Gasteiger partial charge in [0.1, 0.15) is 5.75 Å². The Labute approximate surface area is 468 Å². The zero-order valence-corrected chi connectivity index (χ0v) is 43.1. The molecule has 9 aromatic rings. The standard InChI is InChI=1S/2C25H16N4O8.C8H10O/c2*30-26(31)21-9-1-17(2-10-21)25(18-3-11-22(12-4-18)27(32)33,19-5-13-23(14-6-19)28(34)35)20-7-15-24(16-8-20)29(36)37;1-2-9-8-6-4-3-5-7-8/h2*1-16H;3-7H,2H2,1H3. The summed E-state index contributed by atoms with van der Waals surface area (Å²) >= 11 is 0. The summed E-state index contributed by atoms with van der Waals surface area (Å²) in [5.74, 6) is 0.944. The third-order valence-corrected chi connectivity index (χ3v) is 13.1. The van der Waals surface area contributed by atoms with Crippen molar-refractivity contribution in [3.8, 4) is 5.75 Å². The molecule has 0 radical (unpaired) electrons. The Morgan fingerprint density at radius 1 is 0.253 bits per heavy atom. The maximum atomic E-state index is 11.3. The fourth-order valence-electron chi connectivity index (χ4n) is 9.35. The second-order valence-corrected chi connectivity index (χ2v) is 17.7. The minimum atomic E-state index is -1.30. The summed E-state index contributed by atoms with van der Waals surface area (Å²) in [6.45, 7) is 2.72. The monoisotopic (exact) mass is 1120 g/mol. The fourth-order valence-corrected chi connectivity index (χ4v) is 9.35. The highest BCUT2D eigenvalue weighted by atomic mass is 16.7. The number of hydrogen-bond donors (Lipinski definition) is 0. The molecule has 25 nitrogen and oxygen atoms in total. The second kappa shape index (κ2) is 25.6. The lowest BCUT2D eigenvalue weighted by Crippen LogP contribution is -2.31. The number of para-hydroxylation sites is 1. The van der Waals surface area contributed by atoms with Gasteiger partial charge >= 0.3 is 0 Å². The van der Waals surface area contributed by atoms with Crippen molar-refractivity contribution >= 4 is 45.5 Å². The third kappa shape index (κ3) is 12.8. The van der Waals surface area contributed by atoms with E-state index >= 15 is 0 Å². The molecule has 9 aromatic carbocycles. The molecule has 0 spiro atoms. The van der Waals surface area contributed by atoms with Crippen LogP contribution < -0.4 is 4.74 Å². The molecule has 0 heterocycles. The molecule has 0 N–H and O–H groups in total. The summed E-state index contributed by atoms with van der Waals surface area (Å²) in [7, 11) is 0. The highest BCUT2D eigenvalue weighted by Crippen LogP contribution is 2.48. The molecule has 416 valence electrons. The zero-order chi connectivity index (χ0) is 60.0. The predicted octanol–water partition coefficient (Wildman–Crippen LogP) is 13.5. The largest absolute Gasteiger partial charge is 0.494 e. The van der Waals surface area contributed by atoms with Crippen LogP contribution in [-0.4, -0.2) is 46.0 Å². The molecule has 0 unspecified atom stereocenters. The van der Waals surface area contributed by atoms with Crippen molar-refractivity contribution in [2.24, 2.45) is 0 Å². The van der Waals surface area contributed by atoms with E-state index in [0.717, 1.165) is 12.4 Å². The highest BCUT2D eigenvalue weighted by molar-refractivity contribution is 5.65. The highest BCUT2D eigenvalue weighted by Gasteiger charge is 2.41. The first kappa shape index (κ1) is 58.7. The van der Waals surface area contributed by atoms with E-state index in [1.165, 1.54) is 194 Å². The van der Waals surface area contributed by atoms with E-state index in [4.69, 9.17) is 4.74 Å². The molecule has 0 aliphatic heterocycles. The van der Waals surface area contributed by atoms with Crippen LogP contribution in [0.5, 0.6) is 5.75 Å². The number of nitro benzene ring substituents is 8. The van der Waals surface area contributed by atoms with E-state index in [-0.39, 0.29) is 45.5 Å². The van der Waals surface area contributed by atoms with Crippen LogP contribution in [-0.2, 0) is 10.8 Å². The lowest BCUT2D eigenvalue weighted by molar-refractivity contribution is -0.385. The Bertz CT molecular complexity index is 3130. The van der Waals surface area contributed by atoms with Gasteiger partial charge < -0.3 is 4.74 Å². The first-order valence-corrected chi connectivity index (χ1v) is 24.4. The second-order valence-electron chi connectivity index (χ2n) is 17.7. The van der Waals surface area contributed by atoms with Crippen LogP contribution >= 0.6 is 0 Å². The minimum Gasteiger partial charge on any atom is -0.494 e. The normalized spacial score (nSPS) is 10.8. The van der Waals surface area contributed by atoms with Gasteiger partial charge in [0, 0.05) is 97.1 Å². The van der Waals surface area contributed by atoms with E-state index < -0.39 is 50.2 Å². The van der Waals surface area contributed by atoms with Crippen molar-refractivity contribution < 1.29 is 44.1 Å². The number of hydrogen-bond acceptors (Lipinski definition) is 17. The quantitative estimate of drug-likeness (QED) is 0.0437. The van der Waals surface area contributed by atoms with E-state index in [1.807, 2.05) is 37.3 Å². The van der Waals surface area contributed by atoms with Gasteiger partial charge in [-0.3, -0.25) is 80.9 Å². The Kier molecular flexibility index (Phi) is 18.1. The molecular weight excluding hydrogens is 1080 g/mol. The Hall–Kier alpha value is -12.0. The molecule has 0 aromatic heterocycles. The van der Waals surface area contributed by atoms with Crippen molar-refractivity contribution in [1.29, 1.82) is 0 Å². The summed E-state index contributed by atoms with van der Waals surface area (Å²) < 4.78 is 5.21.